The highest BCUT2D eigenvalue weighted by atomic mass is 16.1. The van der Waals surface area contributed by atoms with E-state index in [0.29, 0.717) is 0 Å². The number of fused-ring (bicyclic) bond motifs is 7. The van der Waals surface area contributed by atoms with Crippen molar-refractivity contribution in [2.75, 3.05) is 4.90 Å². The van der Waals surface area contributed by atoms with Crippen LogP contribution in [0, 0.1) is 11.3 Å². The molecule has 6 rings (SSSR count). The fraction of sp³-hybridized carbons (Fsp3) is 0.167. The average molecular weight is 348 g/mol. The molecule has 2 bridgehead atoms. The van der Waals surface area contributed by atoms with E-state index in [1.54, 1.807) is 6.08 Å². The first-order valence-electron chi connectivity index (χ1n) is 9.26. The van der Waals surface area contributed by atoms with E-state index in [4.69, 9.17) is 0 Å². The summed E-state index contributed by atoms with van der Waals surface area (Å²) in [6, 6.07) is 24.7. The van der Waals surface area contributed by atoms with E-state index in [9.17, 15) is 10.1 Å². The van der Waals surface area contributed by atoms with Crippen LogP contribution in [-0.2, 0) is 10.2 Å². The summed E-state index contributed by atoms with van der Waals surface area (Å²) in [5, 5.41) is 12.8. The van der Waals surface area contributed by atoms with Gasteiger partial charge in [0.1, 0.15) is 11.5 Å². The fourth-order valence-corrected chi connectivity index (χ4v) is 5.65. The van der Waals surface area contributed by atoms with Gasteiger partial charge in [-0.25, -0.2) is 0 Å². The molecule has 3 aliphatic rings. The van der Waals surface area contributed by atoms with Gasteiger partial charge in [-0.1, -0.05) is 60.7 Å². The van der Waals surface area contributed by atoms with E-state index in [1.165, 1.54) is 0 Å². The maximum absolute atomic E-state index is 13.1. The summed E-state index contributed by atoms with van der Waals surface area (Å²) in [5.74, 6) is -0.0710. The lowest BCUT2D eigenvalue weighted by molar-refractivity contribution is -0.116. The summed E-state index contributed by atoms with van der Waals surface area (Å²) in [5.41, 5.74) is 2.46. The van der Waals surface area contributed by atoms with Crippen molar-refractivity contribution in [3.05, 3.63) is 90.0 Å². The van der Waals surface area contributed by atoms with Crippen LogP contribution in [0.2, 0.25) is 0 Å². The van der Waals surface area contributed by atoms with Crippen molar-refractivity contribution in [2.24, 2.45) is 0 Å². The topological polar surface area (TPSA) is 44.1 Å². The van der Waals surface area contributed by atoms with Crippen molar-refractivity contribution in [3.8, 4) is 6.07 Å². The molecule has 1 aliphatic carbocycles. The van der Waals surface area contributed by atoms with Crippen LogP contribution in [0.15, 0.2) is 78.9 Å². The molecule has 1 saturated heterocycles. The molecule has 3 nitrogen and oxygen atoms in total. The Balaban J connectivity index is 1.71. The van der Waals surface area contributed by atoms with E-state index in [2.05, 4.69) is 35.2 Å². The maximum atomic E-state index is 13.1. The standard InChI is InChI=1S/C24H16N2O/c25-14-24-18-11-5-7-15-6-4-10-17(21(15)18)22(24)23-19(27)12-13-20(24)26(23)16-8-2-1-3-9-16/h1-13,20,22-23H/t20-,22+,23+,24-/m1/s1. The van der Waals surface area contributed by atoms with E-state index < -0.39 is 5.41 Å². The van der Waals surface area contributed by atoms with E-state index in [-0.39, 0.29) is 23.8 Å². The summed E-state index contributed by atoms with van der Waals surface area (Å²) in [4.78, 5) is 15.2. The quantitative estimate of drug-likeness (QED) is 0.665. The fourth-order valence-electron chi connectivity index (χ4n) is 5.65. The molecule has 0 amide bonds. The molecule has 0 saturated carbocycles. The number of hydrogen-bond donors (Lipinski definition) is 0. The van der Waals surface area contributed by atoms with Gasteiger partial charge in [-0.05, 0) is 40.1 Å². The highest BCUT2D eigenvalue weighted by Gasteiger charge is 2.66. The lowest BCUT2D eigenvalue weighted by atomic mass is 9.71. The van der Waals surface area contributed by atoms with Gasteiger partial charge in [-0.3, -0.25) is 4.79 Å². The van der Waals surface area contributed by atoms with Crippen LogP contribution in [0.3, 0.4) is 0 Å². The second-order valence-corrected chi connectivity index (χ2v) is 7.60. The first-order chi connectivity index (χ1) is 13.3. The zero-order chi connectivity index (χ0) is 18.2. The monoisotopic (exact) mass is 348 g/mol. The van der Waals surface area contributed by atoms with Crippen molar-refractivity contribution >= 4 is 22.2 Å². The molecule has 4 atom stereocenters. The average Bonchev–Trinajstić information content (AvgIpc) is 3.13. The summed E-state index contributed by atoms with van der Waals surface area (Å²) in [7, 11) is 0. The number of nitriles is 1. The largest absolute Gasteiger partial charge is 0.352 e. The zero-order valence-electron chi connectivity index (χ0n) is 14.5. The third kappa shape index (κ3) is 1.56. The first kappa shape index (κ1) is 14.8. The molecular formula is C24H16N2O. The van der Waals surface area contributed by atoms with Gasteiger partial charge in [0.2, 0.25) is 0 Å². The number of ketones is 1. The van der Waals surface area contributed by atoms with Crippen LogP contribution < -0.4 is 4.90 Å². The number of benzene rings is 3. The molecule has 3 aromatic rings. The Bertz CT molecular complexity index is 1180. The summed E-state index contributed by atoms with van der Waals surface area (Å²) in [6.07, 6.45) is 3.63. The molecule has 0 radical (unpaired) electrons. The molecule has 1 fully saturated rings. The predicted molar refractivity (Wildman–Crippen MR) is 105 cm³/mol. The summed E-state index contributed by atoms with van der Waals surface area (Å²) < 4.78 is 0. The number of carbonyl (C=O) groups excluding carboxylic acids is 1. The normalized spacial score (nSPS) is 29.8. The van der Waals surface area contributed by atoms with Gasteiger partial charge in [0.05, 0.1) is 12.1 Å². The van der Waals surface area contributed by atoms with Crippen molar-refractivity contribution in [3.63, 3.8) is 0 Å². The molecule has 27 heavy (non-hydrogen) atoms. The number of hydrogen-bond acceptors (Lipinski definition) is 3. The van der Waals surface area contributed by atoms with Gasteiger partial charge < -0.3 is 4.90 Å². The van der Waals surface area contributed by atoms with Gasteiger partial charge in [0.25, 0.3) is 0 Å². The minimum absolute atomic E-state index is 0.0852. The van der Waals surface area contributed by atoms with E-state index in [1.807, 2.05) is 48.5 Å². The predicted octanol–water partition coefficient (Wildman–Crippen LogP) is 4.09. The molecular weight excluding hydrogens is 332 g/mol. The minimum Gasteiger partial charge on any atom is -0.352 e. The Morgan fingerprint density at radius 1 is 0.963 bits per heavy atom. The second kappa shape index (κ2) is 4.86. The van der Waals surface area contributed by atoms with Crippen molar-refractivity contribution in [1.29, 1.82) is 5.26 Å². The van der Waals surface area contributed by atoms with Crippen LogP contribution in [0.1, 0.15) is 17.0 Å². The lowest BCUT2D eigenvalue weighted by Gasteiger charge is -2.36. The zero-order valence-corrected chi connectivity index (χ0v) is 14.5. The van der Waals surface area contributed by atoms with Crippen LogP contribution in [0.25, 0.3) is 10.8 Å². The van der Waals surface area contributed by atoms with E-state index in [0.717, 1.165) is 27.6 Å². The number of anilines is 1. The van der Waals surface area contributed by atoms with E-state index >= 15 is 0 Å². The minimum atomic E-state index is -0.744. The van der Waals surface area contributed by atoms with Gasteiger partial charge in [0.15, 0.2) is 5.78 Å². The molecule has 3 heteroatoms. The van der Waals surface area contributed by atoms with Crippen LogP contribution in [0.4, 0.5) is 5.69 Å². The van der Waals surface area contributed by atoms with Crippen molar-refractivity contribution in [1.82, 2.24) is 0 Å². The smallest absolute Gasteiger partial charge is 0.178 e. The molecule has 0 aromatic heterocycles. The Hall–Kier alpha value is -3.38. The second-order valence-electron chi connectivity index (χ2n) is 7.60. The van der Waals surface area contributed by atoms with Gasteiger partial charge in [-0.2, -0.15) is 5.26 Å². The number of para-hydroxylation sites is 1. The molecule has 2 aliphatic heterocycles. The summed E-state index contributed by atoms with van der Waals surface area (Å²) >= 11 is 0. The Labute approximate surface area is 157 Å². The molecule has 0 unspecified atom stereocenters. The lowest BCUT2D eigenvalue weighted by Crippen LogP contribution is -2.46. The maximum Gasteiger partial charge on any atom is 0.178 e. The van der Waals surface area contributed by atoms with Crippen molar-refractivity contribution in [2.45, 2.75) is 23.4 Å². The highest BCUT2D eigenvalue weighted by Crippen LogP contribution is 2.62. The molecule has 128 valence electrons. The highest BCUT2D eigenvalue weighted by molar-refractivity contribution is 6.05. The van der Waals surface area contributed by atoms with Gasteiger partial charge in [-0.15, -0.1) is 0 Å². The van der Waals surface area contributed by atoms with Crippen LogP contribution in [-0.4, -0.2) is 17.9 Å². The molecule has 0 N–H and O–H groups in total. The molecule has 3 aromatic carbocycles. The van der Waals surface area contributed by atoms with Crippen LogP contribution >= 0.6 is 0 Å². The summed E-state index contributed by atoms with van der Waals surface area (Å²) in [6.45, 7) is 0. The van der Waals surface area contributed by atoms with Gasteiger partial charge >= 0.3 is 0 Å². The van der Waals surface area contributed by atoms with Crippen LogP contribution in [0.5, 0.6) is 0 Å². The first-order valence-corrected chi connectivity index (χ1v) is 9.26. The number of rotatable bonds is 1. The molecule has 0 spiro atoms. The third-order valence-electron chi connectivity index (χ3n) is 6.56. The van der Waals surface area contributed by atoms with Gasteiger partial charge in [0, 0.05) is 11.6 Å². The van der Waals surface area contributed by atoms with Crippen molar-refractivity contribution < 1.29 is 4.79 Å². The SMILES string of the molecule is N#C[C@]12c3cccc4cccc(c34)[C@H]1[C@@H]1C(=O)C=C[C@H]2N1c1ccccc1. The Morgan fingerprint density at radius 2 is 1.74 bits per heavy atom. The molecule has 2 heterocycles. The Kier molecular flexibility index (Phi) is 2.66. The third-order valence-corrected chi connectivity index (χ3v) is 6.56. The number of carbonyl (C=O) groups is 1. The number of nitrogens with zero attached hydrogens (tertiary/aromatic N) is 2. The Morgan fingerprint density at radius 3 is 2.52 bits per heavy atom.